The number of ether oxygens (including phenoxy) is 3. The van der Waals surface area contributed by atoms with E-state index >= 15 is 0 Å². The number of rotatable bonds is 6. The van der Waals surface area contributed by atoms with Crippen molar-refractivity contribution in [1.82, 2.24) is 14.9 Å². The number of hydrogen-bond acceptors (Lipinski definition) is 7. The average Bonchev–Trinajstić information content (AvgIpc) is 3.32. The van der Waals surface area contributed by atoms with Crippen LogP contribution in [0.15, 0.2) is 29.4 Å². The molecule has 0 spiro atoms. The lowest BCUT2D eigenvalue weighted by Crippen LogP contribution is -2.46. The Morgan fingerprint density at radius 1 is 1.22 bits per heavy atom. The number of carbonyl (C=O) groups excluding carboxylic acids is 1. The van der Waals surface area contributed by atoms with E-state index in [1.807, 2.05) is 4.90 Å². The highest BCUT2D eigenvalue weighted by Gasteiger charge is 2.31. The van der Waals surface area contributed by atoms with E-state index in [1.54, 1.807) is 13.0 Å². The molecule has 3 heterocycles. The molecule has 1 aromatic heterocycles. The molecule has 2 fully saturated rings. The van der Waals surface area contributed by atoms with Crippen LogP contribution < -0.4 is 9.47 Å². The van der Waals surface area contributed by atoms with Crippen molar-refractivity contribution in [2.24, 2.45) is 0 Å². The molecule has 2 aliphatic rings. The monoisotopic (exact) mass is 463 g/mol. The van der Waals surface area contributed by atoms with E-state index in [2.05, 4.69) is 9.97 Å². The number of piperidine rings is 1. The predicted octanol–water partition coefficient (Wildman–Crippen LogP) is 3.00. The number of halogens is 1. The van der Waals surface area contributed by atoms with E-state index < -0.39 is 16.6 Å². The van der Waals surface area contributed by atoms with Gasteiger partial charge in [-0.2, -0.15) is 0 Å². The number of carbonyl (C=O) groups is 1. The molecule has 2 unspecified atom stereocenters. The van der Waals surface area contributed by atoms with Crippen molar-refractivity contribution < 1.29 is 27.6 Å². The summed E-state index contributed by atoms with van der Waals surface area (Å²) < 4.78 is 43.1. The molecular weight excluding hydrogens is 437 g/mol. The average molecular weight is 464 g/mol. The third-order valence-corrected chi connectivity index (χ3v) is 6.59. The molecule has 2 aromatic rings. The van der Waals surface area contributed by atoms with Crippen LogP contribution in [0.25, 0.3) is 0 Å². The second-order valence-electron chi connectivity index (χ2n) is 7.90. The number of benzene rings is 1. The first-order chi connectivity index (χ1) is 15.4. The Hall–Kier alpha value is -2.59. The normalized spacial score (nSPS) is 20.2. The van der Waals surface area contributed by atoms with Gasteiger partial charge in [0.05, 0.1) is 5.56 Å². The standard InChI is InChI=1S/C22H26FN3O5S/c1-14-20(30-15-7-9-26(10-8-15)22(27)19-4-3-11-29-19)24-13-25-21(14)31-18-6-5-16(32(2)28)12-17(18)23/h5-6,12-13,15,19H,3-4,7-11H2,1-2H3. The highest BCUT2D eigenvalue weighted by Crippen LogP contribution is 2.31. The molecule has 2 aliphatic heterocycles. The first-order valence-electron chi connectivity index (χ1n) is 10.6. The van der Waals surface area contributed by atoms with E-state index in [0.717, 1.165) is 12.8 Å². The van der Waals surface area contributed by atoms with Crippen LogP contribution in [-0.4, -0.2) is 63.1 Å². The van der Waals surface area contributed by atoms with Crippen LogP contribution in [0.2, 0.25) is 0 Å². The smallest absolute Gasteiger partial charge is 0.251 e. The molecule has 1 aromatic carbocycles. The Morgan fingerprint density at radius 2 is 1.97 bits per heavy atom. The summed E-state index contributed by atoms with van der Waals surface area (Å²) in [4.78, 5) is 23.0. The number of amides is 1. The highest BCUT2D eigenvalue weighted by molar-refractivity contribution is 7.84. The van der Waals surface area contributed by atoms with E-state index in [9.17, 15) is 13.4 Å². The molecular formula is C22H26FN3O5S. The molecule has 172 valence electrons. The summed E-state index contributed by atoms with van der Waals surface area (Å²) in [5.74, 6) is -0.0278. The Labute approximate surface area is 188 Å². The van der Waals surface area contributed by atoms with Crippen LogP contribution in [0, 0.1) is 12.7 Å². The third kappa shape index (κ3) is 5.07. The van der Waals surface area contributed by atoms with Crippen LogP contribution >= 0.6 is 0 Å². The van der Waals surface area contributed by atoms with Crippen molar-refractivity contribution >= 4 is 16.7 Å². The third-order valence-electron chi connectivity index (χ3n) is 5.67. The lowest BCUT2D eigenvalue weighted by atomic mass is 10.1. The number of likely N-dealkylation sites (tertiary alicyclic amines) is 1. The van der Waals surface area contributed by atoms with Gasteiger partial charge in [0.1, 0.15) is 18.5 Å². The van der Waals surface area contributed by atoms with E-state index in [0.29, 0.717) is 48.9 Å². The van der Waals surface area contributed by atoms with Crippen molar-refractivity contribution in [1.29, 1.82) is 0 Å². The van der Waals surface area contributed by atoms with E-state index in [4.69, 9.17) is 14.2 Å². The lowest BCUT2D eigenvalue weighted by Gasteiger charge is -2.33. The summed E-state index contributed by atoms with van der Waals surface area (Å²) in [6.07, 6.45) is 5.48. The molecule has 0 saturated carbocycles. The minimum Gasteiger partial charge on any atom is -0.474 e. The van der Waals surface area contributed by atoms with Gasteiger partial charge in [-0.15, -0.1) is 0 Å². The van der Waals surface area contributed by atoms with Gasteiger partial charge in [0.15, 0.2) is 11.6 Å². The quantitative estimate of drug-likeness (QED) is 0.650. The van der Waals surface area contributed by atoms with Crippen LogP contribution in [-0.2, 0) is 20.3 Å². The molecule has 0 bridgehead atoms. The molecule has 0 N–H and O–H groups in total. The van der Waals surface area contributed by atoms with Gasteiger partial charge in [0, 0.05) is 54.5 Å². The second kappa shape index (κ2) is 9.91. The summed E-state index contributed by atoms with van der Waals surface area (Å²) >= 11 is 0. The zero-order chi connectivity index (χ0) is 22.7. The van der Waals surface area contributed by atoms with Crippen molar-refractivity contribution in [2.75, 3.05) is 26.0 Å². The topological polar surface area (TPSA) is 90.9 Å². The molecule has 4 rings (SSSR count). The van der Waals surface area contributed by atoms with Crippen molar-refractivity contribution in [3.05, 3.63) is 35.9 Å². The Morgan fingerprint density at radius 3 is 2.62 bits per heavy atom. The Balaban J connectivity index is 1.38. The first kappa shape index (κ1) is 22.6. The maximum atomic E-state index is 14.3. The van der Waals surface area contributed by atoms with Gasteiger partial charge < -0.3 is 19.1 Å². The summed E-state index contributed by atoms with van der Waals surface area (Å²) in [7, 11) is -1.29. The SMILES string of the molecule is Cc1c(Oc2ccc(S(C)=O)cc2F)ncnc1OC1CCN(C(=O)C2CCCO2)CC1. The van der Waals surface area contributed by atoms with E-state index in [1.165, 1.54) is 24.7 Å². The fourth-order valence-corrected chi connectivity index (χ4v) is 4.34. The maximum absolute atomic E-state index is 14.3. The fraction of sp³-hybridized carbons (Fsp3) is 0.500. The van der Waals surface area contributed by atoms with Crippen LogP contribution in [0.3, 0.4) is 0 Å². The second-order valence-corrected chi connectivity index (χ2v) is 9.28. The van der Waals surface area contributed by atoms with Gasteiger partial charge in [-0.05, 0) is 38.0 Å². The summed E-state index contributed by atoms with van der Waals surface area (Å²) in [6, 6.07) is 4.16. The molecule has 32 heavy (non-hydrogen) atoms. The zero-order valence-corrected chi connectivity index (χ0v) is 18.9. The molecule has 8 nitrogen and oxygen atoms in total. The molecule has 0 radical (unpaired) electrons. The van der Waals surface area contributed by atoms with Crippen molar-refractivity contribution in [3.8, 4) is 17.5 Å². The minimum atomic E-state index is -1.29. The van der Waals surface area contributed by atoms with Gasteiger partial charge >= 0.3 is 0 Å². The van der Waals surface area contributed by atoms with Gasteiger partial charge in [-0.3, -0.25) is 9.00 Å². The fourth-order valence-electron chi connectivity index (χ4n) is 3.82. The molecule has 2 saturated heterocycles. The lowest BCUT2D eigenvalue weighted by molar-refractivity contribution is -0.142. The van der Waals surface area contributed by atoms with Gasteiger partial charge in [-0.25, -0.2) is 14.4 Å². The van der Waals surface area contributed by atoms with Crippen LogP contribution in [0.1, 0.15) is 31.2 Å². The maximum Gasteiger partial charge on any atom is 0.251 e. The van der Waals surface area contributed by atoms with Crippen molar-refractivity contribution in [2.45, 2.75) is 49.7 Å². The molecule has 0 aliphatic carbocycles. The minimum absolute atomic E-state index is 0.0205. The van der Waals surface area contributed by atoms with Gasteiger partial charge in [0.25, 0.3) is 5.91 Å². The number of hydrogen-bond donors (Lipinski definition) is 0. The summed E-state index contributed by atoms with van der Waals surface area (Å²) in [6.45, 7) is 3.61. The molecule has 10 heteroatoms. The highest BCUT2D eigenvalue weighted by atomic mass is 32.2. The Kier molecular flexibility index (Phi) is 7.00. The summed E-state index contributed by atoms with van der Waals surface area (Å²) in [5.41, 5.74) is 0.549. The first-order valence-corrected chi connectivity index (χ1v) is 12.2. The van der Waals surface area contributed by atoms with E-state index in [-0.39, 0.29) is 29.7 Å². The predicted molar refractivity (Wildman–Crippen MR) is 115 cm³/mol. The van der Waals surface area contributed by atoms with Crippen LogP contribution in [0.4, 0.5) is 4.39 Å². The van der Waals surface area contributed by atoms with Gasteiger partial charge in [0.2, 0.25) is 11.8 Å². The molecule has 2 atom stereocenters. The Bertz CT molecular complexity index is 1010. The number of aromatic nitrogens is 2. The van der Waals surface area contributed by atoms with Crippen LogP contribution in [0.5, 0.6) is 17.5 Å². The van der Waals surface area contributed by atoms with Crippen molar-refractivity contribution in [3.63, 3.8) is 0 Å². The number of nitrogens with zero attached hydrogens (tertiary/aromatic N) is 3. The summed E-state index contributed by atoms with van der Waals surface area (Å²) in [5, 5.41) is 0. The molecule has 1 amide bonds. The van der Waals surface area contributed by atoms with Gasteiger partial charge in [-0.1, -0.05) is 0 Å². The zero-order valence-electron chi connectivity index (χ0n) is 18.1. The largest absolute Gasteiger partial charge is 0.474 e.